The Labute approximate surface area is 189 Å². The first kappa shape index (κ1) is 20.7. The van der Waals surface area contributed by atoms with Crippen molar-refractivity contribution < 1.29 is 19.1 Å². The van der Waals surface area contributed by atoms with Gasteiger partial charge in [-0.1, -0.05) is 41.9 Å². The summed E-state index contributed by atoms with van der Waals surface area (Å²) in [6.45, 7) is 0.704. The van der Waals surface area contributed by atoms with Gasteiger partial charge >= 0.3 is 5.97 Å². The van der Waals surface area contributed by atoms with E-state index in [0.29, 0.717) is 25.1 Å². The summed E-state index contributed by atoms with van der Waals surface area (Å²) in [6.07, 6.45) is 1.03. The smallest absolute Gasteiger partial charge is 0.333 e. The highest BCUT2D eigenvalue weighted by molar-refractivity contribution is 6.34. The molecule has 164 valence electrons. The number of carbonyl (C=O) groups is 3. The molecule has 1 aromatic heterocycles. The summed E-state index contributed by atoms with van der Waals surface area (Å²) in [6, 6.07) is 14.4. The highest BCUT2D eigenvalue weighted by Crippen LogP contribution is 2.43. The number of aromatic amines is 1. The van der Waals surface area contributed by atoms with Gasteiger partial charge in [0.05, 0.1) is 29.3 Å². The number of esters is 1. The number of benzene rings is 2. The number of hydrogen-bond acceptors (Lipinski definition) is 5. The van der Waals surface area contributed by atoms with Gasteiger partial charge in [-0.05, 0) is 36.6 Å². The molecular formula is C24H22ClN3O4. The third kappa shape index (κ3) is 2.88. The Balaban J connectivity index is 1.59. The van der Waals surface area contributed by atoms with E-state index in [1.807, 2.05) is 24.3 Å². The Kier molecular flexibility index (Phi) is 5.03. The number of H-pyrrole nitrogens is 1. The number of imide groups is 1. The van der Waals surface area contributed by atoms with Crippen molar-refractivity contribution in [1.29, 1.82) is 0 Å². The molecule has 2 N–H and O–H groups in total. The van der Waals surface area contributed by atoms with Crippen molar-refractivity contribution in [3.8, 4) is 0 Å². The predicted octanol–water partition coefficient (Wildman–Crippen LogP) is 3.02. The van der Waals surface area contributed by atoms with E-state index < -0.39 is 29.2 Å². The van der Waals surface area contributed by atoms with Crippen LogP contribution in [0.3, 0.4) is 0 Å². The maximum absolute atomic E-state index is 13.6. The van der Waals surface area contributed by atoms with E-state index in [-0.39, 0.29) is 17.1 Å². The van der Waals surface area contributed by atoms with Crippen LogP contribution in [-0.2, 0) is 26.3 Å². The SMILES string of the molecule is COC(=O)[C@]1([C@H]2CCN(C(=O)c3ccccc3Cl)C2=O)NCCc2c1[nH]c1ccccc21. The summed E-state index contributed by atoms with van der Waals surface area (Å²) in [5.74, 6) is -2.22. The summed E-state index contributed by atoms with van der Waals surface area (Å²) in [5, 5.41) is 4.60. The van der Waals surface area contributed by atoms with Crippen LogP contribution in [0.15, 0.2) is 48.5 Å². The van der Waals surface area contributed by atoms with Crippen molar-refractivity contribution >= 4 is 40.3 Å². The van der Waals surface area contributed by atoms with Crippen molar-refractivity contribution in [3.05, 3.63) is 70.4 Å². The number of rotatable bonds is 3. The number of methoxy groups -OCH3 is 1. The van der Waals surface area contributed by atoms with Gasteiger partial charge in [0.15, 0.2) is 5.54 Å². The van der Waals surface area contributed by atoms with E-state index in [9.17, 15) is 14.4 Å². The number of nitrogens with one attached hydrogen (secondary N) is 2. The van der Waals surface area contributed by atoms with E-state index >= 15 is 0 Å². The van der Waals surface area contributed by atoms with Crippen LogP contribution in [0.5, 0.6) is 0 Å². The number of aromatic nitrogens is 1. The number of amides is 2. The molecule has 0 saturated carbocycles. The Hall–Kier alpha value is -3.16. The fraction of sp³-hybridized carbons (Fsp3) is 0.292. The molecule has 3 aromatic rings. The first-order valence-corrected chi connectivity index (χ1v) is 10.9. The van der Waals surface area contributed by atoms with Gasteiger partial charge in [0, 0.05) is 24.0 Å². The molecule has 1 fully saturated rings. The Morgan fingerprint density at radius 2 is 1.91 bits per heavy atom. The van der Waals surface area contributed by atoms with Crippen molar-refractivity contribution in [2.24, 2.45) is 5.92 Å². The number of fused-ring (bicyclic) bond motifs is 3. The first-order chi connectivity index (χ1) is 15.5. The fourth-order valence-corrected chi connectivity index (χ4v) is 5.32. The third-order valence-corrected chi connectivity index (χ3v) is 6.90. The fourth-order valence-electron chi connectivity index (χ4n) is 5.11. The van der Waals surface area contributed by atoms with Crippen LogP contribution in [-0.4, -0.2) is 47.9 Å². The second-order valence-electron chi connectivity index (χ2n) is 8.12. The maximum atomic E-state index is 13.6. The van der Waals surface area contributed by atoms with E-state index in [1.54, 1.807) is 24.3 Å². The molecule has 3 heterocycles. The normalized spacial score (nSPS) is 22.8. The van der Waals surface area contributed by atoms with Gasteiger partial charge in [-0.25, -0.2) is 4.79 Å². The van der Waals surface area contributed by atoms with Crippen LogP contribution in [0.25, 0.3) is 10.9 Å². The van der Waals surface area contributed by atoms with Crippen LogP contribution >= 0.6 is 11.6 Å². The monoisotopic (exact) mass is 451 g/mol. The van der Waals surface area contributed by atoms with Crippen LogP contribution < -0.4 is 5.32 Å². The molecule has 0 unspecified atom stereocenters. The quantitative estimate of drug-likeness (QED) is 0.472. The van der Waals surface area contributed by atoms with E-state index in [2.05, 4.69) is 10.3 Å². The molecule has 0 radical (unpaired) electrons. The molecular weight excluding hydrogens is 430 g/mol. The molecule has 7 nitrogen and oxygen atoms in total. The number of nitrogens with zero attached hydrogens (tertiary/aromatic N) is 1. The average molecular weight is 452 g/mol. The second-order valence-corrected chi connectivity index (χ2v) is 8.52. The van der Waals surface area contributed by atoms with Crippen molar-refractivity contribution in [3.63, 3.8) is 0 Å². The van der Waals surface area contributed by atoms with Gasteiger partial charge in [-0.2, -0.15) is 0 Å². The van der Waals surface area contributed by atoms with E-state index in [4.69, 9.17) is 16.3 Å². The second kappa shape index (κ2) is 7.76. The van der Waals surface area contributed by atoms with Gasteiger partial charge in [0.2, 0.25) is 5.91 Å². The molecule has 8 heteroatoms. The van der Waals surface area contributed by atoms with Crippen molar-refractivity contribution in [1.82, 2.24) is 15.2 Å². The standard InChI is InChI=1S/C24H22ClN3O4/c1-32-23(31)24(20-15(10-12-26-24)14-6-3-5-9-19(14)27-20)17-11-13-28(22(17)30)21(29)16-7-2-4-8-18(16)25/h2-9,17,26-27H,10-13H2,1H3/t17-,24+/m0/s1. The van der Waals surface area contributed by atoms with Crippen LogP contribution in [0, 0.1) is 5.92 Å². The topological polar surface area (TPSA) is 91.5 Å². The Morgan fingerprint density at radius 1 is 1.16 bits per heavy atom. The van der Waals surface area contributed by atoms with E-state index in [1.165, 1.54) is 12.0 Å². The minimum atomic E-state index is -1.39. The summed E-state index contributed by atoms with van der Waals surface area (Å²) >= 11 is 6.19. The predicted molar refractivity (Wildman–Crippen MR) is 119 cm³/mol. The number of halogens is 1. The zero-order chi connectivity index (χ0) is 22.5. The molecule has 32 heavy (non-hydrogen) atoms. The molecule has 2 atom stereocenters. The molecule has 2 aromatic carbocycles. The zero-order valence-electron chi connectivity index (χ0n) is 17.5. The lowest BCUT2D eigenvalue weighted by Crippen LogP contribution is -2.60. The minimum Gasteiger partial charge on any atom is -0.467 e. The Morgan fingerprint density at radius 3 is 2.69 bits per heavy atom. The first-order valence-electron chi connectivity index (χ1n) is 10.5. The van der Waals surface area contributed by atoms with Crippen LogP contribution in [0.2, 0.25) is 5.02 Å². The number of likely N-dealkylation sites (tertiary alicyclic amines) is 1. The molecule has 0 aliphatic carbocycles. The lowest BCUT2D eigenvalue weighted by atomic mass is 9.75. The average Bonchev–Trinajstić information content (AvgIpc) is 3.39. The van der Waals surface area contributed by atoms with Crippen LogP contribution in [0.4, 0.5) is 0 Å². The van der Waals surface area contributed by atoms with E-state index in [0.717, 1.165) is 16.5 Å². The van der Waals surface area contributed by atoms with Crippen molar-refractivity contribution in [2.45, 2.75) is 18.4 Å². The lowest BCUT2D eigenvalue weighted by Gasteiger charge is -2.39. The lowest BCUT2D eigenvalue weighted by molar-refractivity contribution is -0.156. The van der Waals surface area contributed by atoms with Crippen molar-refractivity contribution in [2.75, 3.05) is 20.2 Å². The summed E-state index contributed by atoms with van der Waals surface area (Å²) < 4.78 is 5.21. The van der Waals surface area contributed by atoms with Gasteiger partial charge < -0.3 is 9.72 Å². The highest BCUT2D eigenvalue weighted by Gasteiger charge is 2.58. The summed E-state index contributed by atoms with van der Waals surface area (Å²) in [7, 11) is 1.31. The van der Waals surface area contributed by atoms with Gasteiger partial charge in [-0.3, -0.25) is 19.8 Å². The zero-order valence-corrected chi connectivity index (χ0v) is 18.2. The number of hydrogen-bond donors (Lipinski definition) is 2. The third-order valence-electron chi connectivity index (χ3n) is 6.57. The number of ether oxygens (including phenoxy) is 1. The number of carbonyl (C=O) groups excluding carboxylic acids is 3. The molecule has 1 saturated heterocycles. The summed E-state index contributed by atoms with van der Waals surface area (Å²) in [5.41, 5.74) is 1.39. The highest BCUT2D eigenvalue weighted by atomic mass is 35.5. The molecule has 2 aliphatic heterocycles. The Bertz CT molecular complexity index is 1250. The molecule has 0 spiro atoms. The number of para-hydroxylation sites is 1. The van der Waals surface area contributed by atoms with Gasteiger partial charge in [0.25, 0.3) is 5.91 Å². The largest absolute Gasteiger partial charge is 0.467 e. The minimum absolute atomic E-state index is 0.198. The molecule has 2 amide bonds. The van der Waals surface area contributed by atoms with Gasteiger partial charge in [0.1, 0.15) is 0 Å². The maximum Gasteiger partial charge on any atom is 0.333 e. The molecule has 0 bridgehead atoms. The summed E-state index contributed by atoms with van der Waals surface area (Å²) in [4.78, 5) is 44.5. The van der Waals surface area contributed by atoms with Gasteiger partial charge in [-0.15, -0.1) is 0 Å². The van der Waals surface area contributed by atoms with Crippen LogP contribution in [0.1, 0.15) is 28.0 Å². The molecule has 5 rings (SSSR count). The molecule has 2 aliphatic rings.